The van der Waals surface area contributed by atoms with Gasteiger partial charge in [0.1, 0.15) is 18.5 Å². The number of pyridine rings is 1. The molecular formula is C22H22N8O. The van der Waals surface area contributed by atoms with Crippen LogP contribution in [0.2, 0.25) is 0 Å². The first-order valence-electron chi connectivity index (χ1n) is 10.2. The number of ketones is 1. The Labute approximate surface area is 179 Å². The molecule has 0 radical (unpaired) electrons. The second kappa shape index (κ2) is 8.19. The van der Waals surface area contributed by atoms with Crippen molar-refractivity contribution in [1.29, 1.82) is 0 Å². The van der Waals surface area contributed by atoms with Crippen molar-refractivity contribution >= 4 is 22.5 Å². The number of piperazine rings is 1. The SMILES string of the molecule is CN1CCN(c2cc(C(=O)Cc3cc4cc(-n5cncn5)ccc4nn3)ccn2)CC1. The Bertz CT molecular complexity index is 1220. The van der Waals surface area contributed by atoms with Gasteiger partial charge >= 0.3 is 0 Å². The van der Waals surface area contributed by atoms with Crippen molar-refractivity contribution in [3.8, 4) is 5.69 Å². The molecule has 0 spiro atoms. The smallest absolute Gasteiger partial charge is 0.169 e. The number of anilines is 1. The highest BCUT2D eigenvalue weighted by Gasteiger charge is 2.17. The minimum atomic E-state index is -0.00106. The van der Waals surface area contributed by atoms with Gasteiger partial charge in [0.2, 0.25) is 0 Å². The van der Waals surface area contributed by atoms with Crippen molar-refractivity contribution in [3.05, 3.63) is 66.5 Å². The summed E-state index contributed by atoms with van der Waals surface area (Å²) in [5, 5.41) is 13.6. The molecule has 4 aromatic rings. The first-order valence-corrected chi connectivity index (χ1v) is 10.2. The molecule has 0 bridgehead atoms. The molecular weight excluding hydrogens is 392 g/mol. The van der Waals surface area contributed by atoms with Gasteiger partial charge in [0, 0.05) is 43.3 Å². The minimum Gasteiger partial charge on any atom is -0.354 e. The lowest BCUT2D eigenvalue weighted by atomic mass is 10.1. The number of benzene rings is 1. The molecule has 3 aromatic heterocycles. The maximum atomic E-state index is 12.9. The van der Waals surface area contributed by atoms with Gasteiger partial charge in [0.25, 0.3) is 0 Å². The lowest BCUT2D eigenvalue weighted by molar-refractivity contribution is 0.0991. The van der Waals surface area contributed by atoms with E-state index in [1.165, 1.54) is 6.33 Å². The van der Waals surface area contributed by atoms with Gasteiger partial charge in [-0.15, -0.1) is 0 Å². The van der Waals surface area contributed by atoms with E-state index in [2.05, 4.69) is 42.1 Å². The van der Waals surface area contributed by atoms with Crippen LogP contribution in [0.4, 0.5) is 5.82 Å². The number of Topliss-reactive ketones (excluding diaryl/α,β-unsaturated/α-hetero) is 1. The summed E-state index contributed by atoms with van der Waals surface area (Å²) in [4.78, 5) is 25.9. The molecule has 0 amide bonds. The van der Waals surface area contributed by atoms with E-state index >= 15 is 0 Å². The summed E-state index contributed by atoms with van der Waals surface area (Å²) in [5.41, 5.74) is 2.91. The molecule has 0 atom stereocenters. The van der Waals surface area contributed by atoms with Crippen LogP contribution in [0, 0.1) is 0 Å². The molecule has 5 rings (SSSR count). The standard InChI is InChI=1S/C22H22N8O/c1-28-6-8-29(9-7-28)22-12-16(4-5-24-22)21(31)13-18-10-17-11-19(30-15-23-14-25-30)2-3-20(17)27-26-18/h2-5,10-12,14-15H,6-9,13H2,1H3. The summed E-state index contributed by atoms with van der Waals surface area (Å²) in [6.07, 6.45) is 5.02. The van der Waals surface area contributed by atoms with E-state index in [4.69, 9.17) is 0 Å². The Balaban J connectivity index is 1.35. The zero-order valence-electron chi connectivity index (χ0n) is 17.2. The summed E-state index contributed by atoms with van der Waals surface area (Å²) >= 11 is 0. The van der Waals surface area contributed by atoms with Gasteiger partial charge in [-0.2, -0.15) is 15.3 Å². The Morgan fingerprint density at radius 2 is 1.90 bits per heavy atom. The quantitative estimate of drug-likeness (QED) is 0.456. The number of likely N-dealkylation sites (N-methyl/N-ethyl adjacent to an activating group) is 1. The molecule has 0 saturated carbocycles. The molecule has 1 saturated heterocycles. The lowest BCUT2D eigenvalue weighted by Gasteiger charge is -2.33. The van der Waals surface area contributed by atoms with E-state index in [-0.39, 0.29) is 12.2 Å². The third-order valence-corrected chi connectivity index (χ3v) is 5.54. The molecule has 9 heteroatoms. The summed E-state index contributed by atoms with van der Waals surface area (Å²) in [6, 6.07) is 11.3. The Morgan fingerprint density at radius 1 is 1.03 bits per heavy atom. The predicted octanol–water partition coefficient (Wildman–Crippen LogP) is 1.78. The van der Waals surface area contributed by atoms with Gasteiger partial charge in [-0.1, -0.05) is 0 Å². The van der Waals surface area contributed by atoms with Crippen LogP contribution in [0.5, 0.6) is 0 Å². The maximum Gasteiger partial charge on any atom is 0.169 e. The third kappa shape index (κ3) is 4.13. The van der Waals surface area contributed by atoms with Gasteiger partial charge in [0.05, 0.1) is 23.3 Å². The highest BCUT2D eigenvalue weighted by Crippen LogP contribution is 2.19. The zero-order valence-corrected chi connectivity index (χ0v) is 17.2. The number of hydrogen-bond donors (Lipinski definition) is 0. The molecule has 0 unspecified atom stereocenters. The van der Waals surface area contributed by atoms with Crippen LogP contribution in [0.3, 0.4) is 0 Å². The Hall–Kier alpha value is -3.72. The van der Waals surface area contributed by atoms with E-state index < -0.39 is 0 Å². The van der Waals surface area contributed by atoms with Crippen molar-refractivity contribution in [3.63, 3.8) is 0 Å². The highest BCUT2D eigenvalue weighted by atomic mass is 16.1. The average molecular weight is 414 g/mol. The second-order valence-corrected chi connectivity index (χ2v) is 7.71. The number of carbonyl (C=O) groups is 1. The second-order valence-electron chi connectivity index (χ2n) is 7.71. The van der Waals surface area contributed by atoms with Gasteiger partial charge in [-0.05, 0) is 43.4 Å². The number of carbonyl (C=O) groups excluding carboxylic acids is 1. The van der Waals surface area contributed by atoms with Crippen LogP contribution in [0.25, 0.3) is 16.6 Å². The van der Waals surface area contributed by atoms with Crippen molar-refractivity contribution in [1.82, 2.24) is 34.8 Å². The molecule has 31 heavy (non-hydrogen) atoms. The molecule has 0 aliphatic carbocycles. The first-order chi connectivity index (χ1) is 15.2. The molecule has 9 nitrogen and oxygen atoms in total. The van der Waals surface area contributed by atoms with Crippen LogP contribution >= 0.6 is 0 Å². The normalized spacial score (nSPS) is 14.8. The van der Waals surface area contributed by atoms with Crippen LogP contribution < -0.4 is 4.90 Å². The summed E-state index contributed by atoms with van der Waals surface area (Å²) in [7, 11) is 2.12. The lowest BCUT2D eigenvalue weighted by Crippen LogP contribution is -2.44. The fourth-order valence-electron chi connectivity index (χ4n) is 3.71. The maximum absolute atomic E-state index is 12.9. The van der Waals surface area contributed by atoms with Gasteiger partial charge in [0.15, 0.2) is 5.78 Å². The van der Waals surface area contributed by atoms with E-state index in [0.717, 1.165) is 48.6 Å². The monoisotopic (exact) mass is 414 g/mol. The van der Waals surface area contributed by atoms with Crippen molar-refractivity contribution < 1.29 is 4.79 Å². The highest BCUT2D eigenvalue weighted by molar-refractivity contribution is 5.98. The van der Waals surface area contributed by atoms with Crippen LogP contribution in [-0.4, -0.2) is 73.9 Å². The number of hydrogen-bond acceptors (Lipinski definition) is 8. The summed E-state index contributed by atoms with van der Waals surface area (Å²) in [5.74, 6) is 0.847. The zero-order chi connectivity index (χ0) is 21.2. The molecule has 1 aliphatic rings. The number of fused-ring (bicyclic) bond motifs is 1. The van der Waals surface area contributed by atoms with Crippen molar-refractivity contribution in [2.45, 2.75) is 6.42 Å². The predicted molar refractivity (Wildman–Crippen MR) is 116 cm³/mol. The van der Waals surface area contributed by atoms with Crippen LogP contribution in [0.15, 0.2) is 55.2 Å². The van der Waals surface area contributed by atoms with Crippen molar-refractivity contribution in [2.75, 3.05) is 38.1 Å². The van der Waals surface area contributed by atoms with Gasteiger partial charge in [-0.25, -0.2) is 14.6 Å². The average Bonchev–Trinajstić information content (AvgIpc) is 3.34. The Morgan fingerprint density at radius 3 is 2.71 bits per heavy atom. The molecule has 4 heterocycles. The number of aromatic nitrogens is 6. The molecule has 1 aliphatic heterocycles. The molecule has 0 N–H and O–H groups in total. The van der Waals surface area contributed by atoms with Gasteiger partial charge in [-0.3, -0.25) is 4.79 Å². The van der Waals surface area contributed by atoms with Crippen molar-refractivity contribution in [2.24, 2.45) is 0 Å². The van der Waals surface area contributed by atoms with Crippen LogP contribution in [0.1, 0.15) is 16.1 Å². The van der Waals surface area contributed by atoms with E-state index in [0.29, 0.717) is 11.3 Å². The fraction of sp³-hybridized carbons (Fsp3) is 0.273. The fourth-order valence-corrected chi connectivity index (χ4v) is 3.71. The molecule has 1 fully saturated rings. The third-order valence-electron chi connectivity index (χ3n) is 5.54. The van der Waals surface area contributed by atoms with E-state index in [1.54, 1.807) is 23.3 Å². The summed E-state index contributed by atoms with van der Waals surface area (Å²) in [6.45, 7) is 3.79. The Kier molecular flexibility index (Phi) is 5.09. The first kappa shape index (κ1) is 19.3. The minimum absolute atomic E-state index is 0.00106. The van der Waals surface area contributed by atoms with E-state index in [1.807, 2.05) is 30.3 Å². The number of rotatable bonds is 5. The van der Waals surface area contributed by atoms with Crippen LogP contribution in [-0.2, 0) is 6.42 Å². The molecule has 1 aromatic carbocycles. The largest absolute Gasteiger partial charge is 0.354 e. The topological polar surface area (TPSA) is 92.9 Å². The molecule has 156 valence electrons. The number of nitrogens with zero attached hydrogens (tertiary/aromatic N) is 8. The summed E-state index contributed by atoms with van der Waals surface area (Å²) < 4.78 is 1.68. The van der Waals surface area contributed by atoms with Gasteiger partial charge < -0.3 is 9.80 Å². The van der Waals surface area contributed by atoms with E-state index in [9.17, 15) is 4.79 Å².